The summed E-state index contributed by atoms with van der Waals surface area (Å²) >= 11 is 0. The van der Waals surface area contributed by atoms with Gasteiger partial charge in [-0.3, -0.25) is 4.79 Å². The molecule has 2 N–H and O–H groups in total. The number of nitrogens with one attached hydrogen (secondary N) is 2. The van der Waals surface area contributed by atoms with Crippen LogP contribution in [0, 0.1) is 0 Å². The zero-order valence-electron chi connectivity index (χ0n) is 17.8. The number of carbonyl (C=O) groups is 1. The largest absolute Gasteiger partial charge is 0.493 e. The van der Waals surface area contributed by atoms with E-state index in [2.05, 4.69) is 19.9 Å². The molecule has 0 radical (unpaired) electrons. The zero-order valence-corrected chi connectivity index (χ0v) is 18.6. The van der Waals surface area contributed by atoms with E-state index < -0.39 is 10.0 Å². The predicted molar refractivity (Wildman–Crippen MR) is 117 cm³/mol. The molecule has 2 aromatic rings. The Bertz CT molecular complexity index is 989. The number of sulfonamides is 1. The zero-order chi connectivity index (χ0) is 22.3. The molecule has 3 rings (SSSR count). The first-order valence-electron chi connectivity index (χ1n) is 10.1. The summed E-state index contributed by atoms with van der Waals surface area (Å²) in [7, 11) is -0.869. The van der Waals surface area contributed by atoms with E-state index in [9.17, 15) is 13.2 Å². The fourth-order valence-corrected chi connectivity index (χ4v) is 4.36. The fourth-order valence-electron chi connectivity index (χ4n) is 3.31. The molecule has 1 amide bonds. The van der Waals surface area contributed by atoms with Crippen LogP contribution in [-0.2, 0) is 21.4 Å². The van der Waals surface area contributed by atoms with Gasteiger partial charge in [0.05, 0.1) is 19.1 Å². The first kappa shape index (κ1) is 22.8. The average Bonchev–Trinajstić information content (AvgIpc) is 3.32. The third kappa shape index (κ3) is 6.08. The first-order valence-corrected chi connectivity index (χ1v) is 11.6. The summed E-state index contributed by atoms with van der Waals surface area (Å²) in [5.74, 6) is 1.45. The summed E-state index contributed by atoms with van der Waals surface area (Å²) in [6.07, 6.45) is 4.16. The minimum Gasteiger partial charge on any atom is -0.493 e. The normalized spacial score (nSPS) is 13.8. The molecule has 168 valence electrons. The molecule has 31 heavy (non-hydrogen) atoms. The lowest BCUT2D eigenvalue weighted by molar-refractivity contribution is -0.121. The van der Waals surface area contributed by atoms with Crippen molar-refractivity contribution in [2.45, 2.75) is 30.7 Å². The monoisotopic (exact) mass is 448 g/mol. The smallest absolute Gasteiger partial charge is 0.240 e. The van der Waals surface area contributed by atoms with Crippen LogP contribution < -0.4 is 24.4 Å². The number of rotatable bonds is 10. The summed E-state index contributed by atoms with van der Waals surface area (Å²) in [5.41, 5.74) is 0.891. The number of ether oxygens (including phenoxy) is 2. The summed E-state index contributed by atoms with van der Waals surface area (Å²) < 4.78 is 37.6. The molecule has 1 fully saturated rings. The van der Waals surface area contributed by atoms with Gasteiger partial charge in [0.15, 0.2) is 11.5 Å². The lowest BCUT2D eigenvalue weighted by atomic mass is 10.2. The molecule has 0 aliphatic carbocycles. The Morgan fingerprint density at radius 3 is 2.48 bits per heavy atom. The predicted octanol–water partition coefficient (Wildman–Crippen LogP) is 1.68. The molecule has 0 unspecified atom stereocenters. The third-order valence-electron chi connectivity index (χ3n) is 5.04. The standard InChI is InChI=1S/C21H28N4O5S/c1-29-18-7-6-17(13-19(18)30-2)31(27,28)24-10-9-21(26)23-15-16-5-8-20(22-14-16)25-11-3-4-12-25/h5-8,13-14,24H,3-4,9-12,15H2,1-2H3,(H,23,26). The van der Waals surface area contributed by atoms with E-state index in [0.717, 1.165) is 24.5 Å². The van der Waals surface area contributed by atoms with Crippen LogP contribution in [0.1, 0.15) is 24.8 Å². The van der Waals surface area contributed by atoms with Crippen molar-refractivity contribution in [3.63, 3.8) is 0 Å². The van der Waals surface area contributed by atoms with Gasteiger partial charge in [-0.25, -0.2) is 18.1 Å². The molecule has 0 saturated carbocycles. The Hall–Kier alpha value is -2.85. The summed E-state index contributed by atoms with van der Waals surface area (Å²) in [4.78, 5) is 18.8. The molecule has 2 heterocycles. The molecule has 1 aliphatic heterocycles. The van der Waals surface area contributed by atoms with Crippen LogP contribution >= 0.6 is 0 Å². The van der Waals surface area contributed by atoms with E-state index in [1.165, 1.54) is 45.3 Å². The van der Waals surface area contributed by atoms with Crippen LogP contribution in [0.2, 0.25) is 0 Å². The summed E-state index contributed by atoms with van der Waals surface area (Å²) in [6.45, 7) is 2.38. The van der Waals surface area contributed by atoms with Crippen LogP contribution in [0.3, 0.4) is 0 Å². The van der Waals surface area contributed by atoms with Crippen LogP contribution in [0.15, 0.2) is 41.4 Å². The Morgan fingerprint density at radius 1 is 1.10 bits per heavy atom. The van der Waals surface area contributed by atoms with Gasteiger partial charge in [0.2, 0.25) is 15.9 Å². The number of methoxy groups -OCH3 is 2. The van der Waals surface area contributed by atoms with Gasteiger partial charge < -0.3 is 19.7 Å². The van der Waals surface area contributed by atoms with Gasteiger partial charge >= 0.3 is 0 Å². The van der Waals surface area contributed by atoms with E-state index in [4.69, 9.17) is 9.47 Å². The highest BCUT2D eigenvalue weighted by Crippen LogP contribution is 2.29. The van der Waals surface area contributed by atoms with Crippen molar-refractivity contribution in [2.75, 3.05) is 38.8 Å². The number of benzene rings is 1. The van der Waals surface area contributed by atoms with Crippen LogP contribution in [0.4, 0.5) is 5.82 Å². The molecular weight excluding hydrogens is 420 g/mol. The van der Waals surface area contributed by atoms with Crippen LogP contribution in [0.5, 0.6) is 11.5 Å². The molecule has 1 saturated heterocycles. The third-order valence-corrected chi connectivity index (χ3v) is 6.50. The van der Waals surface area contributed by atoms with Crippen molar-refractivity contribution < 1.29 is 22.7 Å². The second-order valence-electron chi connectivity index (χ2n) is 7.16. The topological polar surface area (TPSA) is 110 Å². The SMILES string of the molecule is COc1ccc(S(=O)(=O)NCCC(=O)NCc2ccc(N3CCCC3)nc2)cc1OC. The van der Waals surface area contributed by atoms with E-state index in [0.29, 0.717) is 18.0 Å². The first-order chi connectivity index (χ1) is 14.9. The summed E-state index contributed by atoms with van der Waals surface area (Å²) in [6, 6.07) is 8.22. The van der Waals surface area contributed by atoms with Crippen LogP contribution in [-0.4, -0.2) is 53.2 Å². The second kappa shape index (κ2) is 10.5. The maximum absolute atomic E-state index is 12.5. The van der Waals surface area contributed by atoms with E-state index in [-0.39, 0.29) is 23.8 Å². The highest BCUT2D eigenvalue weighted by molar-refractivity contribution is 7.89. The fraction of sp³-hybridized carbons (Fsp3) is 0.429. The van der Waals surface area contributed by atoms with E-state index >= 15 is 0 Å². The van der Waals surface area contributed by atoms with Crippen LogP contribution in [0.25, 0.3) is 0 Å². The molecule has 9 nitrogen and oxygen atoms in total. The Balaban J connectivity index is 1.45. The van der Waals surface area contributed by atoms with Gasteiger partial charge in [-0.05, 0) is 36.6 Å². The molecular formula is C21H28N4O5S. The van der Waals surface area contributed by atoms with Gasteiger partial charge in [0, 0.05) is 44.9 Å². The molecule has 10 heteroatoms. The van der Waals surface area contributed by atoms with Gasteiger partial charge in [-0.2, -0.15) is 0 Å². The molecule has 0 spiro atoms. The molecule has 0 atom stereocenters. The van der Waals surface area contributed by atoms with Crippen molar-refractivity contribution in [1.82, 2.24) is 15.0 Å². The minimum atomic E-state index is -3.77. The number of pyridine rings is 1. The van der Waals surface area contributed by atoms with Crippen molar-refractivity contribution in [2.24, 2.45) is 0 Å². The molecule has 0 bridgehead atoms. The highest BCUT2D eigenvalue weighted by atomic mass is 32.2. The Labute approximate surface area is 182 Å². The quantitative estimate of drug-likeness (QED) is 0.569. The number of anilines is 1. The lowest BCUT2D eigenvalue weighted by Crippen LogP contribution is -2.30. The van der Waals surface area contributed by atoms with Gasteiger partial charge in [0.25, 0.3) is 0 Å². The van der Waals surface area contributed by atoms with Gasteiger partial charge in [0.1, 0.15) is 5.82 Å². The second-order valence-corrected chi connectivity index (χ2v) is 8.93. The average molecular weight is 449 g/mol. The Kier molecular flexibility index (Phi) is 7.69. The molecule has 1 aromatic heterocycles. The maximum Gasteiger partial charge on any atom is 0.240 e. The number of amides is 1. The number of aromatic nitrogens is 1. The molecule has 1 aromatic carbocycles. The number of carbonyl (C=O) groups excluding carboxylic acids is 1. The van der Waals surface area contributed by atoms with E-state index in [1.54, 1.807) is 6.20 Å². The van der Waals surface area contributed by atoms with Gasteiger partial charge in [-0.1, -0.05) is 6.07 Å². The van der Waals surface area contributed by atoms with Gasteiger partial charge in [-0.15, -0.1) is 0 Å². The lowest BCUT2D eigenvalue weighted by Gasteiger charge is -2.16. The van der Waals surface area contributed by atoms with Crippen molar-refractivity contribution >= 4 is 21.7 Å². The molecule has 1 aliphatic rings. The summed E-state index contributed by atoms with van der Waals surface area (Å²) in [5, 5.41) is 2.78. The highest BCUT2D eigenvalue weighted by Gasteiger charge is 2.17. The van der Waals surface area contributed by atoms with Crippen molar-refractivity contribution in [3.05, 3.63) is 42.1 Å². The number of hydrogen-bond acceptors (Lipinski definition) is 7. The number of hydrogen-bond donors (Lipinski definition) is 2. The number of nitrogens with zero attached hydrogens (tertiary/aromatic N) is 2. The maximum atomic E-state index is 12.5. The van der Waals surface area contributed by atoms with E-state index in [1.807, 2.05) is 12.1 Å². The van der Waals surface area contributed by atoms with Crippen molar-refractivity contribution in [3.8, 4) is 11.5 Å². The van der Waals surface area contributed by atoms with Crippen molar-refractivity contribution in [1.29, 1.82) is 0 Å². The Morgan fingerprint density at radius 2 is 1.84 bits per heavy atom. The minimum absolute atomic E-state index is 0.0192.